The summed E-state index contributed by atoms with van der Waals surface area (Å²) in [4.78, 5) is 4.24. The fourth-order valence-electron chi connectivity index (χ4n) is 1.38. The van der Waals surface area contributed by atoms with Crippen LogP contribution in [0.4, 0.5) is 0 Å². The molecule has 4 heteroatoms. The van der Waals surface area contributed by atoms with Crippen LogP contribution in [0.15, 0.2) is 36.5 Å². The average Bonchev–Trinajstić information content (AvgIpc) is 2.32. The van der Waals surface area contributed by atoms with Crippen molar-refractivity contribution in [3.63, 3.8) is 0 Å². The molecule has 0 N–H and O–H groups in total. The van der Waals surface area contributed by atoms with Gasteiger partial charge in [0.15, 0.2) is 0 Å². The van der Waals surface area contributed by atoms with Crippen molar-refractivity contribution in [3.8, 4) is 17.0 Å². The number of halogens is 2. The van der Waals surface area contributed by atoms with Crippen molar-refractivity contribution in [3.05, 3.63) is 46.6 Å². The molecule has 1 heterocycles. The van der Waals surface area contributed by atoms with E-state index in [-0.39, 0.29) is 0 Å². The summed E-state index contributed by atoms with van der Waals surface area (Å²) in [6, 6.07) is 8.87. The van der Waals surface area contributed by atoms with E-state index in [1.165, 1.54) is 0 Å². The molecule has 0 aliphatic heterocycles. The van der Waals surface area contributed by atoms with Crippen molar-refractivity contribution in [2.24, 2.45) is 0 Å². The summed E-state index contributed by atoms with van der Waals surface area (Å²) in [6.07, 6.45) is 1.67. The minimum atomic E-state index is 0.616. The van der Waals surface area contributed by atoms with Gasteiger partial charge in [-0.05, 0) is 24.3 Å². The van der Waals surface area contributed by atoms with Crippen LogP contribution in [0.25, 0.3) is 11.3 Å². The summed E-state index contributed by atoms with van der Waals surface area (Å²) >= 11 is 12.0. The van der Waals surface area contributed by atoms with Gasteiger partial charge in [-0.15, -0.1) is 0 Å². The van der Waals surface area contributed by atoms with Crippen molar-refractivity contribution in [1.29, 1.82) is 0 Å². The van der Waals surface area contributed by atoms with Gasteiger partial charge >= 0.3 is 0 Å². The molecule has 0 unspecified atom stereocenters. The maximum Gasteiger partial charge on any atom is 0.122 e. The summed E-state index contributed by atoms with van der Waals surface area (Å²) < 4.78 is 5.13. The smallest absolute Gasteiger partial charge is 0.122 e. The van der Waals surface area contributed by atoms with Crippen LogP contribution in [0.2, 0.25) is 10.0 Å². The van der Waals surface area contributed by atoms with Crippen molar-refractivity contribution < 1.29 is 4.74 Å². The normalized spacial score (nSPS) is 10.2. The van der Waals surface area contributed by atoms with E-state index in [0.29, 0.717) is 10.0 Å². The standard InChI is InChI=1S/C12H9Cl2NO/c1-16-9-4-5-15-12(7-9)10-6-8(13)2-3-11(10)14/h2-7H,1H3. The number of methoxy groups -OCH3 is 1. The van der Waals surface area contributed by atoms with E-state index in [2.05, 4.69) is 4.98 Å². The molecule has 0 saturated carbocycles. The number of rotatable bonds is 2. The highest BCUT2D eigenvalue weighted by molar-refractivity contribution is 6.35. The third-order valence-corrected chi connectivity index (χ3v) is 2.74. The zero-order valence-electron chi connectivity index (χ0n) is 8.58. The Bertz CT molecular complexity index is 514. The van der Waals surface area contributed by atoms with Gasteiger partial charge in [-0.25, -0.2) is 0 Å². The summed E-state index contributed by atoms with van der Waals surface area (Å²) in [6.45, 7) is 0. The van der Waals surface area contributed by atoms with Crippen LogP contribution >= 0.6 is 23.2 Å². The predicted octanol–water partition coefficient (Wildman–Crippen LogP) is 4.06. The van der Waals surface area contributed by atoms with E-state index in [0.717, 1.165) is 17.0 Å². The van der Waals surface area contributed by atoms with Crippen molar-refractivity contribution in [2.75, 3.05) is 7.11 Å². The topological polar surface area (TPSA) is 22.1 Å². The fraction of sp³-hybridized carbons (Fsp3) is 0.0833. The quantitative estimate of drug-likeness (QED) is 0.806. The van der Waals surface area contributed by atoms with E-state index >= 15 is 0 Å². The van der Waals surface area contributed by atoms with Gasteiger partial charge in [-0.2, -0.15) is 0 Å². The molecule has 1 aromatic heterocycles. The summed E-state index contributed by atoms with van der Waals surface area (Å²) in [7, 11) is 1.61. The zero-order chi connectivity index (χ0) is 11.5. The molecule has 0 radical (unpaired) electrons. The van der Waals surface area contributed by atoms with Crippen LogP contribution in [0.5, 0.6) is 5.75 Å². The van der Waals surface area contributed by atoms with Crippen molar-refractivity contribution in [1.82, 2.24) is 4.98 Å². The molecule has 0 saturated heterocycles. The number of ether oxygens (including phenoxy) is 1. The number of hydrogen-bond acceptors (Lipinski definition) is 2. The second-order valence-corrected chi connectivity index (χ2v) is 4.05. The van der Waals surface area contributed by atoms with Gasteiger partial charge in [-0.1, -0.05) is 23.2 Å². The Kier molecular flexibility index (Phi) is 3.32. The first-order chi connectivity index (χ1) is 7.70. The van der Waals surface area contributed by atoms with Crippen LogP contribution in [-0.2, 0) is 0 Å². The van der Waals surface area contributed by atoms with Gasteiger partial charge in [0.1, 0.15) is 5.75 Å². The molecule has 0 amide bonds. The molecular weight excluding hydrogens is 245 g/mol. The van der Waals surface area contributed by atoms with Gasteiger partial charge in [0.05, 0.1) is 17.8 Å². The van der Waals surface area contributed by atoms with E-state index in [9.17, 15) is 0 Å². The molecule has 0 fully saturated rings. The molecule has 2 rings (SSSR count). The number of benzene rings is 1. The van der Waals surface area contributed by atoms with Crippen LogP contribution in [-0.4, -0.2) is 12.1 Å². The van der Waals surface area contributed by atoms with Gasteiger partial charge in [-0.3, -0.25) is 4.98 Å². The summed E-state index contributed by atoms with van der Waals surface area (Å²) in [5.41, 5.74) is 1.54. The van der Waals surface area contributed by atoms with Crippen molar-refractivity contribution in [2.45, 2.75) is 0 Å². The second-order valence-electron chi connectivity index (χ2n) is 3.21. The molecule has 2 aromatic rings. The molecule has 2 nitrogen and oxygen atoms in total. The predicted molar refractivity (Wildman–Crippen MR) is 66.2 cm³/mol. The van der Waals surface area contributed by atoms with Gasteiger partial charge < -0.3 is 4.74 Å². The largest absolute Gasteiger partial charge is 0.497 e. The maximum absolute atomic E-state index is 6.09. The first-order valence-electron chi connectivity index (χ1n) is 4.66. The highest BCUT2D eigenvalue weighted by Crippen LogP contribution is 2.30. The van der Waals surface area contributed by atoms with Crippen LogP contribution in [0.1, 0.15) is 0 Å². The lowest BCUT2D eigenvalue weighted by atomic mass is 10.1. The number of nitrogens with zero attached hydrogens (tertiary/aromatic N) is 1. The fourth-order valence-corrected chi connectivity index (χ4v) is 1.77. The summed E-state index contributed by atoms with van der Waals surface area (Å²) in [5.74, 6) is 0.737. The van der Waals surface area contributed by atoms with E-state index in [1.54, 1.807) is 37.6 Å². The Morgan fingerprint density at radius 1 is 1.12 bits per heavy atom. The van der Waals surface area contributed by atoms with Crippen LogP contribution < -0.4 is 4.74 Å². The monoisotopic (exact) mass is 253 g/mol. The van der Waals surface area contributed by atoms with E-state index in [1.807, 2.05) is 6.07 Å². The molecule has 16 heavy (non-hydrogen) atoms. The van der Waals surface area contributed by atoms with Gasteiger partial charge in [0.25, 0.3) is 0 Å². The lowest BCUT2D eigenvalue weighted by Crippen LogP contribution is -1.88. The molecular formula is C12H9Cl2NO. The Morgan fingerprint density at radius 3 is 2.69 bits per heavy atom. The molecule has 0 bridgehead atoms. The van der Waals surface area contributed by atoms with E-state index < -0.39 is 0 Å². The Balaban J connectivity index is 2.53. The number of pyridine rings is 1. The molecule has 82 valence electrons. The summed E-state index contributed by atoms with van der Waals surface area (Å²) in [5, 5.41) is 1.24. The Hall–Kier alpha value is -1.25. The third-order valence-electron chi connectivity index (χ3n) is 2.17. The molecule has 0 atom stereocenters. The maximum atomic E-state index is 6.09. The molecule has 0 aliphatic carbocycles. The zero-order valence-corrected chi connectivity index (χ0v) is 10.1. The van der Waals surface area contributed by atoms with Crippen molar-refractivity contribution >= 4 is 23.2 Å². The first-order valence-corrected chi connectivity index (χ1v) is 5.42. The van der Waals surface area contributed by atoms with E-state index in [4.69, 9.17) is 27.9 Å². The number of aromatic nitrogens is 1. The molecule has 1 aromatic carbocycles. The minimum absolute atomic E-state index is 0.616. The highest BCUT2D eigenvalue weighted by Gasteiger charge is 2.06. The Morgan fingerprint density at radius 2 is 1.94 bits per heavy atom. The minimum Gasteiger partial charge on any atom is -0.497 e. The lowest BCUT2D eigenvalue weighted by molar-refractivity contribution is 0.414. The molecule has 0 spiro atoms. The highest BCUT2D eigenvalue weighted by atomic mass is 35.5. The lowest BCUT2D eigenvalue weighted by Gasteiger charge is -2.06. The second kappa shape index (κ2) is 4.73. The average molecular weight is 254 g/mol. The van der Waals surface area contributed by atoms with Gasteiger partial charge in [0.2, 0.25) is 0 Å². The van der Waals surface area contributed by atoms with Crippen LogP contribution in [0.3, 0.4) is 0 Å². The number of hydrogen-bond donors (Lipinski definition) is 0. The van der Waals surface area contributed by atoms with Gasteiger partial charge in [0, 0.05) is 22.8 Å². The Labute approximate surface area is 104 Å². The van der Waals surface area contributed by atoms with Crippen LogP contribution in [0, 0.1) is 0 Å². The third kappa shape index (κ3) is 2.29. The molecule has 0 aliphatic rings. The first kappa shape index (κ1) is 11.2. The SMILES string of the molecule is COc1ccnc(-c2cc(Cl)ccc2Cl)c1.